The zero-order valence-electron chi connectivity index (χ0n) is 16.6. The van der Waals surface area contributed by atoms with Crippen LogP contribution in [0.25, 0.3) is 10.9 Å². The van der Waals surface area contributed by atoms with E-state index >= 15 is 0 Å². The Balaban J connectivity index is 2.03. The third kappa shape index (κ3) is 4.11. The van der Waals surface area contributed by atoms with Gasteiger partial charge in [-0.1, -0.05) is 29.3 Å². The molecule has 0 aliphatic rings. The first kappa shape index (κ1) is 18.9. The number of hydrogen-bond donors (Lipinski definition) is 1. The molecule has 1 heterocycles. The lowest BCUT2D eigenvalue weighted by atomic mass is 10.0. The van der Waals surface area contributed by atoms with Crippen LogP contribution in [0.1, 0.15) is 47.8 Å². The van der Waals surface area contributed by atoms with E-state index in [9.17, 15) is 9.59 Å². The molecule has 0 aliphatic heterocycles. The van der Waals surface area contributed by atoms with E-state index < -0.39 is 5.54 Å². The summed E-state index contributed by atoms with van der Waals surface area (Å²) in [5.74, 6) is -0.0741. The van der Waals surface area contributed by atoms with Crippen molar-refractivity contribution in [2.24, 2.45) is 0 Å². The summed E-state index contributed by atoms with van der Waals surface area (Å²) < 4.78 is 0. The fraction of sp³-hybridized carbons (Fsp3) is 0.304. The Morgan fingerprint density at radius 1 is 1.00 bits per heavy atom. The first-order valence-electron chi connectivity index (χ1n) is 9.16. The van der Waals surface area contributed by atoms with Gasteiger partial charge in [-0.15, -0.1) is 0 Å². The van der Waals surface area contributed by atoms with E-state index in [1.54, 1.807) is 4.90 Å². The Morgan fingerprint density at radius 2 is 1.70 bits per heavy atom. The number of carbonyl (C=O) groups excluding carboxylic acids is 1. The van der Waals surface area contributed by atoms with Crippen molar-refractivity contribution >= 4 is 16.8 Å². The average molecular weight is 362 g/mol. The van der Waals surface area contributed by atoms with Crippen molar-refractivity contribution in [2.75, 3.05) is 0 Å². The highest BCUT2D eigenvalue weighted by molar-refractivity contribution is 5.95. The quantitative estimate of drug-likeness (QED) is 0.741. The Kier molecular flexibility index (Phi) is 4.92. The number of pyridine rings is 1. The van der Waals surface area contributed by atoms with Crippen molar-refractivity contribution in [1.82, 2.24) is 9.88 Å². The summed E-state index contributed by atoms with van der Waals surface area (Å²) in [6.45, 7) is 10.2. The average Bonchev–Trinajstić information content (AvgIpc) is 2.58. The van der Waals surface area contributed by atoms with Gasteiger partial charge in [-0.3, -0.25) is 9.59 Å². The zero-order valence-corrected chi connectivity index (χ0v) is 16.6. The van der Waals surface area contributed by atoms with Crippen LogP contribution in [0, 0.1) is 13.8 Å². The largest absolute Gasteiger partial charge is 0.329 e. The summed E-state index contributed by atoms with van der Waals surface area (Å²) in [4.78, 5) is 30.5. The maximum absolute atomic E-state index is 13.2. The van der Waals surface area contributed by atoms with Crippen LogP contribution in [0.5, 0.6) is 0 Å². The van der Waals surface area contributed by atoms with Gasteiger partial charge in [-0.25, -0.2) is 0 Å². The second kappa shape index (κ2) is 7.03. The molecule has 0 radical (unpaired) electrons. The second-order valence-electron chi connectivity index (χ2n) is 8.15. The molecule has 4 nitrogen and oxygen atoms in total. The van der Waals surface area contributed by atoms with E-state index in [0.29, 0.717) is 11.1 Å². The number of benzene rings is 2. The van der Waals surface area contributed by atoms with Crippen LogP contribution in [-0.2, 0) is 6.54 Å². The SMILES string of the molecule is Cc1cccc(C(=O)N(Cc2cc3cc(C)ccc3[nH]c2=O)C(C)(C)C)c1. The molecule has 0 aliphatic carbocycles. The van der Waals surface area contributed by atoms with Crippen molar-refractivity contribution in [1.29, 1.82) is 0 Å². The molecule has 3 aromatic rings. The molecule has 2 aromatic carbocycles. The number of fused-ring (bicyclic) bond motifs is 1. The zero-order chi connectivity index (χ0) is 19.8. The fourth-order valence-electron chi connectivity index (χ4n) is 3.21. The van der Waals surface area contributed by atoms with E-state index in [4.69, 9.17) is 0 Å². The standard InChI is InChI=1S/C23H26N2O2/c1-15-7-6-8-17(11-15)22(27)25(23(3,4)5)14-19-13-18-12-16(2)9-10-20(18)24-21(19)26/h6-13H,14H2,1-5H3,(H,24,26). The van der Waals surface area contributed by atoms with Gasteiger partial charge in [0.15, 0.2) is 0 Å². The maximum atomic E-state index is 13.2. The van der Waals surface area contributed by atoms with E-state index in [1.165, 1.54) is 0 Å². The number of nitrogens with one attached hydrogen (secondary N) is 1. The number of amides is 1. The number of H-pyrrole nitrogens is 1. The van der Waals surface area contributed by atoms with Crippen LogP contribution in [-0.4, -0.2) is 21.3 Å². The molecule has 1 aromatic heterocycles. The van der Waals surface area contributed by atoms with Crippen LogP contribution in [0.15, 0.2) is 53.3 Å². The van der Waals surface area contributed by atoms with E-state index in [2.05, 4.69) is 4.98 Å². The lowest BCUT2D eigenvalue weighted by Crippen LogP contribution is -2.46. The number of aromatic amines is 1. The number of carbonyl (C=O) groups is 1. The molecule has 1 amide bonds. The van der Waals surface area contributed by atoms with E-state index in [0.717, 1.165) is 22.0 Å². The van der Waals surface area contributed by atoms with Crippen molar-refractivity contribution in [3.63, 3.8) is 0 Å². The van der Waals surface area contributed by atoms with Gasteiger partial charge in [0.25, 0.3) is 11.5 Å². The molecule has 0 fully saturated rings. The third-order valence-corrected chi connectivity index (χ3v) is 4.73. The molecule has 0 unspecified atom stereocenters. The number of aryl methyl sites for hydroxylation is 2. The fourth-order valence-corrected chi connectivity index (χ4v) is 3.21. The summed E-state index contributed by atoms with van der Waals surface area (Å²) in [6.07, 6.45) is 0. The van der Waals surface area contributed by atoms with Crippen LogP contribution in [0.4, 0.5) is 0 Å². The highest BCUT2D eigenvalue weighted by Crippen LogP contribution is 2.22. The molecule has 27 heavy (non-hydrogen) atoms. The highest BCUT2D eigenvalue weighted by Gasteiger charge is 2.28. The second-order valence-corrected chi connectivity index (χ2v) is 8.15. The summed E-state index contributed by atoms with van der Waals surface area (Å²) >= 11 is 0. The molecular formula is C23H26N2O2. The molecule has 1 N–H and O–H groups in total. The Morgan fingerprint density at radius 3 is 2.37 bits per heavy atom. The summed E-state index contributed by atoms with van der Waals surface area (Å²) in [6, 6.07) is 15.4. The molecule has 0 bridgehead atoms. The minimum absolute atomic E-state index is 0.0741. The smallest absolute Gasteiger partial charge is 0.254 e. The van der Waals surface area contributed by atoms with Crippen LogP contribution in [0.3, 0.4) is 0 Å². The number of hydrogen-bond acceptors (Lipinski definition) is 2. The molecule has 0 spiro atoms. The predicted molar refractivity (Wildman–Crippen MR) is 110 cm³/mol. The number of nitrogens with zero attached hydrogens (tertiary/aromatic N) is 1. The molecule has 0 saturated heterocycles. The van der Waals surface area contributed by atoms with Gasteiger partial charge in [0.2, 0.25) is 0 Å². The Hall–Kier alpha value is -2.88. The molecule has 0 atom stereocenters. The minimum atomic E-state index is -0.422. The number of rotatable bonds is 3. The first-order chi connectivity index (χ1) is 12.6. The van der Waals surface area contributed by atoms with Gasteiger partial charge < -0.3 is 9.88 Å². The van der Waals surface area contributed by atoms with Gasteiger partial charge in [-0.05, 0) is 70.3 Å². The normalized spacial score (nSPS) is 11.6. The lowest BCUT2D eigenvalue weighted by Gasteiger charge is -2.36. The lowest BCUT2D eigenvalue weighted by molar-refractivity contribution is 0.0558. The van der Waals surface area contributed by atoms with Crippen molar-refractivity contribution in [2.45, 2.75) is 46.7 Å². The Labute approximate surface area is 159 Å². The summed E-state index contributed by atoms with van der Waals surface area (Å²) in [7, 11) is 0. The molecule has 3 rings (SSSR count). The summed E-state index contributed by atoms with van der Waals surface area (Å²) in [5.41, 5.74) is 3.62. The molecule has 140 valence electrons. The predicted octanol–water partition coefficient (Wildman–Crippen LogP) is 4.59. The van der Waals surface area contributed by atoms with E-state index in [-0.39, 0.29) is 18.0 Å². The van der Waals surface area contributed by atoms with Crippen LogP contribution < -0.4 is 5.56 Å². The van der Waals surface area contributed by atoms with Crippen LogP contribution >= 0.6 is 0 Å². The van der Waals surface area contributed by atoms with Crippen molar-refractivity contribution in [3.8, 4) is 0 Å². The van der Waals surface area contributed by atoms with Gasteiger partial charge >= 0.3 is 0 Å². The molecule has 4 heteroatoms. The third-order valence-electron chi connectivity index (χ3n) is 4.73. The van der Waals surface area contributed by atoms with Gasteiger partial charge in [0.05, 0.1) is 6.54 Å². The topological polar surface area (TPSA) is 53.2 Å². The maximum Gasteiger partial charge on any atom is 0.254 e. The van der Waals surface area contributed by atoms with Gasteiger partial charge in [0.1, 0.15) is 0 Å². The van der Waals surface area contributed by atoms with E-state index in [1.807, 2.05) is 83.1 Å². The molecular weight excluding hydrogens is 336 g/mol. The van der Waals surface area contributed by atoms with Gasteiger partial charge in [-0.2, -0.15) is 0 Å². The number of aromatic nitrogens is 1. The molecule has 0 saturated carbocycles. The van der Waals surface area contributed by atoms with Crippen LogP contribution in [0.2, 0.25) is 0 Å². The van der Waals surface area contributed by atoms with Gasteiger partial charge in [0, 0.05) is 22.2 Å². The highest BCUT2D eigenvalue weighted by atomic mass is 16.2. The Bertz CT molecular complexity index is 1060. The summed E-state index contributed by atoms with van der Waals surface area (Å²) in [5, 5.41) is 0.974. The van der Waals surface area contributed by atoms with Crippen molar-refractivity contribution < 1.29 is 4.79 Å². The minimum Gasteiger partial charge on any atom is -0.329 e. The first-order valence-corrected chi connectivity index (χ1v) is 9.16. The van der Waals surface area contributed by atoms with Crippen molar-refractivity contribution in [3.05, 3.63) is 81.1 Å². The monoisotopic (exact) mass is 362 g/mol.